The second-order valence-corrected chi connectivity index (χ2v) is 8.56. The van der Waals surface area contributed by atoms with E-state index in [1.165, 1.54) is 18.9 Å². The van der Waals surface area contributed by atoms with E-state index in [1.54, 1.807) is 24.2 Å². The predicted octanol–water partition coefficient (Wildman–Crippen LogP) is 4.76. The van der Waals surface area contributed by atoms with Gasteiger partial charge in [-0.05, 0) is 54.7 Å². The lowest BCUT2D eigenvalue weighted by Gasteiger charge is -2.33. The smallest absolute Gasteiger partial charge is 0.292 e. The van der Waals surface area contributed by atoms with Crippen molar-refractivity contribution in [2.45, 2.75) is 45.3 Å². The van der Waals surface area contributed by atoms with E-state index in [9.17, 15) is 15.2 Å². The first-order chi connectivity index (χ1) is 15.4. The Labute approximate surface area is 188 Å². The highest BCUT2D eigenvalue weighted by Gasteiger charge is 2.25. The van der Waals surface area contributed by atoms with E-state index in [0.29, 0.717) is 29.5 Å². The van der Waals surface area contributed by atoms with E-state index in [2.05, 4.69) is 16.9 Å². The molecular formula is C24H30N4O4. The first-order valence-corrected chi connectivity index (χ1v) is 11.2. The van der Waals surface area contributed by atoms with E-state index in [0.717, 1.165) is 37.2 Å². The minimum atomic E-state index is -0.591. The predicted molar refractivity (Wildman–Crippen MR) is 124 cm³/mol. The van der Waals surface area contributed by atoms with Crippen LogP contribution in [0, 0.1) is 16.0 Å². The molecule has 2 heterocycles. The summed E-state index contributed by atoms with van der Waals surface area (Å²) in [5.74, 6) is 1.92. The lowest BCUT2D eigenvalue weighted by atomic mass is 9.92. The minimum Gasteiger partial charge on any atom is -0.457 e. The fraction of sp³-hybridized carbons (Fsp3) is 0.458. The van der Waals surface area contributed by atoms with Crippen LogP contribution in [0.4, 0.5) is 11.4 Å². The first kappa shape index (κ1) is 22.1. The van der Waals surface area contributed by atoms with Gasteiger partial charge in [0.2, 0.25) is 0 Å². The van der Waals surface area contributed by atoms with Gasteiger partial charge in [-0.25, -0.2) is 0 Å². The summed E-state index contributed by atoms with van der Waals surface area (Å²) in [4.78, 5) is 13.4. The van der Waals surface area contributed by atoms with Crippen molar-refractivity contribution in [3.63, 3.8) is 0 Å². The van der Waals surface area contributed by atoms with E-state index in [4.69, 9.17) is 4.74 Å². The van der Waals surface area contributed by atoms with Crippen molar-refractivity contribution in [2.75, 3.05) is 25.0 Å². The molecule has 1 atom stereocenters. The monoisotopic (exact) mass is 438 g/mol. The molecule has 1 unspecified atom stereocenters. The lowest BCUT2D eigenvalue weighted by Crippen LogP contribution is -2.34. The SMILES string of the molecule is CCCC1CCN(c2cc(Oc3ccc(C4=NN(C)C(O)C4)cc3)ccc2[N+](=O)[O-])CC1. The molecule has 1 saturated heterocycles. The van der Waals surface area contributed by atoms with Crippen LogP contribution in [0.5, 0.6) is 11.5 Å². The first-order valence-electron chi connectivity index (χ1n) is 11.2. The van der Waals surface area contributed by atoms with Crippen molar-refractivity contribution in [1.29, 1.82) is 0 Å². The van der Waals surface area contributed by atoms with Gasteiger partial charge >= 0.3 is 0 Å². The average molecular weight is 439 g/mol. The Hall–Kier alpha value is -3.13. The second kappa shape index (κ2) is 9.56. The normalized spacial score (nSPS) is 19.2. The summed E-state index contributed by atoms with van der Waals surface area (Å²) in [6.07, 6.45) is 4.41. The Kier molecular flexibility index (Phi) is 6.60. The number of rotatable bonds is 7. The van der Waals surface area contributed by atoms with Gasteiger partial charge in [0.15, 0.2) is 0 Å². The summed E-state index contributed by atoms with van der Waals surface area (Å²) in [5, 5.41) is 27.4. The van der Waals surface area contributed by atoms with Crippen LogP contribution in [0.25, 0.3) is 0 Å². The molecule has 2 aromatic carbocycles. The molecular weight excluding hydrogens is 408 g/mol. The van der Waals surface area contributed by atoms with Crippen LogP contribution in [-0.2, 0) is 0 Å². The van der Waals surface area contributed by atoms with Gasteiger partial charge in [0, 0.05) is 38.7 Å². The zero-order valence-corrected chi connectivity index (χ0v) is 18.6. The molecule has 0 spiro atoms. The van der Waals surface area contributed by atoms with Crippen molar-refractivity contribution in [2.24, 2.45) is 11.0 Å². The number of benzene rings is 2. The summed E-state index contributed by atoms with van der Waals surface area (Å²) in [6, 6.07) is 12.5. The van der Waals surface area contributed by atoms with Crippen LogP contribution < -0.4 is 9.64 Å². The molecule has 0 aromatic heterocycles. The summed E-state index contributed by atoms with van der Waals surface area (Å²) in [5.41, 5.74) is 2.50. The zero-order chi connectivity index (χ0) is 22.7. The molecule has 2 aliphatic heterocycles. The van der Waals surface area contributed by atoms with Crippen LogP contribution in [0.2, 0.25) is 0 Å². The van der Waals surface area contributed by atoms with Crippen molar-refractivity contribution in [1.82, 2.24) is 5.01 Å². The molecule has 170 valence electrons. The molecule has 2 aliphatic rings. The number of hydrogen-bond acceptors (Lipinski definition) is 7. The minimum absolute atomic E-state index is 0.114. The number of aliphatic hydroxyl groups excluding tert-OH is 1. The Balaban J connectivity index is 1.49. The molecule has 0 saturated carbocycles. The fourth-order valence-corrected chi connectivity index (χ4v) is 4.48. The van der Waals surface area contributed by atoms with Gasteiger partial charge in [-0.1, -0.05) is 19.8 Å². The molecule has 32 heavy (non-hydrogen) atoms. The maximum absolute atomic E-state index is 11.6. The number of piperidine rings is 1. The van der Waals surface area contributed by atoms with Crippen LogP contribution in [0.3, 0.4) is 0 Å². The maximum Gasteiger partial charge on any atom is 0.292 e. The van der Waals surface area contributed by atoms with E-state index >= 15 is 0 Å². The fourth-order valence-electron chi connectivity index (χ4n) is 4.48. The van der Waals surface area contributed by atoms with Gasteiger partial charge in [0.05, 0.1) is 10.6 Å². The molecule has 4 rings (SSSR count). The quantitative estimate of drug-likeness (QED) is 0.495. The molecule has 0 radical (unpaired) electrons. The number of nitro benzene ring substituents is 1. The third-order valence-corrected chi connectivity index (χ3v) is 6.30. The molecule has 0 amide bonds. The van der Waals surface area contributed by atoms with Crippen LogP contribution in [-0.4, -0.2) is 47.1 Å². The molecule has 8 heteroatoms. The van der Waals surface area contributed by atoms with Crippen molar-refractivity contribution < 1.29 is 14.8 Å². The highest BCUT2D eigenvalue weighted by molar-refractivity contribution is 6.01. The van der Waals surface area contributed by atoms with E-state index in [1.807, 2.05) is 24.3 Å². The van der Waals surface area contributed by atoms with E-state index in [-0.39, 0.29) is 10.6 Å². The molecule has 0 aliphatic carbocycles. The van der Waals surface area contributed by atoms with E-state index < -0.39 is 6.23 Å². The van der Waals surface area contributed by atoms with Gasteiger partial charge in [-0.2, -0.15) is 5.10 Å². The van der Waals surface area contributed by atoms with Crippen LogP contribution in [0.15, 0.2) is 47.6 Å². The summed E-state index contributed by atoms with van der Waals surface area (Å²) < 4.78 is 6.02. The van der Waals surface area contributed by atoms with Crippen LogP contribution >= 0.6 is 0 Å². The highest BCUT2D eigenvalue weighted by Crippen LogP contribution is 2.36. The lowest BCUT2D eigenvalue weighted by molar-refractivity contribution is -0.384. The van der Waals surface area contributed by atoms with Crippen LogP contribution in [0.1, 0.15) is 44.6 Å². The van der Waals surface area contributed by atoms with Gasteiger partial charge in [-0.3, -0.25) is 15.1 Å². The Morgan fingerprint density at radius 1 is 1.16 bits per heavy atom. The standard InChI is InChI=1S/C24H30N4O4/c1-3-4-17-11-13-27(14-12-17)23-15-20(9-10-22(23)28(30)31)32-19-7-5-18(6-8-19)21-16-24(29)26(2)25-21/h5-10,15,17,24,29H,3-4,11-14,16H2,1-2H3. The third-order valence-electron chi connectivity index (χ3n) is 6.30. The number of anilines is 1. The number of nitrogens with zero attached hydrogens (tertiary/aromatic N) is 4. The summed E-state index contributed by atoms with van der Waals surface area (Å²) in [6.45, 7) is 3.85. The molecule has 1 N–H and O–H groups in total. The van der Waals surface area contributed by atoms with Crippen molar-refractivity contribution in [3.05, 3.63) is 58.1 Å². The zero-order valence-electron chi connectivity index (χ0n) is 18.6. The molecule has 1 fully saturated rings. The third kappa shape index (κ3) is 4.85. The highest BCUT2D eigenvalue weighted by atomic mass is 16.6. The molecule has 0 bridgehead atoms. The molecule has 8 nitrogen and oxygen atoms in total. The molecule has 2 aromatic rings. The Morgan fingerprint density at radius 2 is 1.84 bits per heavy atom. The van der Waals surface area contributed by atoms with Gasteiger partial charge in [0.25, 0.3) is 5.69 Å². The summed E-state index contributed by atoms with van der Waals surface area (Å²) in [7, 11) is 1.74. The van der Waals surface area contributed by atoms with Crippen molar-refractivity contribution >= 4 is 17.1 Å². The van der Waals surface area contributed by atoms with Crippen molar-refractivity contribution in [3.8, 4) is 11.5 Å². The second-order valence-electron chi connectivity index (χ2n) is 8.56. The topological polar surface area (TPSA) is 91.4 Å². The number of aliphatic hydroxyl groups is 1. The van der Waals surface area contributed by atoms with Gasteiger partial charge in [-0.15, -0.1) is 0 Å². The number of ether oxygens (including phenoxy) is 1. The summed E-state index contributed by atoms with van der Waals surface area (Å²) >= 11 is 0. The Bertz CT molecular complexity index is 984. The Morgan fingerprint density at radius 3 is 2.44 bits per heavy atom. The van der Waals surface area contributed by atoms with Gasteiger partial charge < -0.3 is 14.7 Å². The maximum atomic E-state index is 11.6. The number of hydrogen-bond donors (Lipinski definition) is 1. The number of hydrazone groups is 1. The average Bonchev–Trinajstić information content (AvgIpc) is 3.13. The number of nitro groups is 1. The van der Waals surface area contributed by atoms with Gasteiger partial charge in [0.1, 0.15) is 23.4 Å². The largest absolute Gasteiger partial charge is 0.457 e.